The lowest BCUT2D eigenvalue weighted by atomic mass is 10.2. The second-order valence-corrected chi connectivity index (χ2v) is 4.58. The Balaban J connectivity index is 2.61. The van der Waals surface area contributed by atoms with E-state index < -0.39 is 6.04 Å². The molecule has 0 saturated heterocycles. The van der Waals surface area contributed by atoms with Crippen LogP contribution in [0.2, 0.25) is 0 Å². The molecule has 0 aliphatic rings. The summed E-state index contributed by atoms with van der Waals surface area (Å²) in [5.41, 5.74) is 6.38. The third-order valence-electron chi connectivity index (χ3n) is 2.39. The molecule has 1 aromatic carbocycles. The summed E-state index contributed by atoms with van der Waals surface area (Å²) in [6, 6.07) is 4.70. The van der Waals surface area contributed by atoms with Gasteiger partial charge in [-0.25, -0.2) is 0 Å². The zero-order chi connectivity index (χ0) is 13.5. The average molecular weight is 317 g/mol. The van der Waals surface area contributed by atoms with Crippen molar-refractivity contribution in [1.29, 1.82) is 0 Å². The van der Waals surface area contributed by atoms with E-state index in [1.54, 1.807) is 32.4 Å². The second kappa shape index (κ2) is 7.35. The predicted molar refractivity (Wildman–Crippen MR) is 73.8 cm³/mol. The van der Waals surface area contributed by atoms with Gasteiger partial charge in [0.15, 0.2) is 0 Å². The van der Waals surface area contributed by atoms with Crippen molar-refractivity contribution in [3.05, 3.63) is 22.7 Å². The number of anilines is 1. The molecule has 0 aliphatic carbocycles. The maximum absolute atomic E-state index is 11.7. The Morgan fingerprint density at radius 1 is 1.50 bits per heavy atom. The molecule has 6 heteroatoms. The number of hydrogen-bond acceptors (Lipinski definition) is 4. The summed E-state index contributed by atoms with van der Waals surface area (Å²) in [4.78, 5) is 11.7. The molecule has 0 radical (unpaired) electrons. The van der Waals surface area contributed by atoms with Gasteiger partial charge < -0.3 is 20.5 Å². The third kappa shape index (κ3) is 4.29. The van der Waals surface area contributed by atoms with Crippen LogP contribution >= 0.6 is 15.9 Å². The molecule has 0 aliphatic heterocycles. The van der Waals surface area contributed by atoms with Gasteiger partial charge >= 0.3 is 0 Å². The first-order valence-electron chi connectivity index (χ1n) is 5.47. The fraction of sp³-hybridized carbons (Fsp3) is 0.417. The SMILES string of the molecule is COCCC(N)C(=O)Nc1ccc(OC)c(Br)c1. The minimum absolute atomic E-state index is 0.232. The summed E-state index contributed by atoms with van der Waals surface area (Å²) in [6.45, 7) is 0.459. The number of rotatable bonds is 6. The van der Waals surface area contributed by atoms with E-state index in [0.29, 0.717) is 24.5 Å². The largest absolute Gasteiger partial charge is 0.496 e. The number of carbonyl (C=O) groups excluding carboxylic acids is 1. The minimum atomic E-state index is -0.578. The van der Waals surface area contributed by atoms with Crippen LogP contribution in [0.1, 0.15) is 6.42 Å². The Labute approximate surface area is 115 Å². The highest BCUT2D eigenvalue weighted by Gasteiger charge is 2.13. The van der Waals surface area contributed by atoms with Crippen molar-refractivity contribution >= 4 is 27.5 Å². The lowest BCUT2D eigenvalue weighted by Gasteiger charge is -2.12. The topological polar surface area (TPSA) is 73.6 Å². The highest BCUT2D eigenvalue weighted by molar-refractivity contribution is 9.10. The molecule has 5 nitrogen and oxygen atoms in total. The van der Waals surface area contributed by atoms with Gasteiger partial charge in [-0.15, -0.1) is 0 Å². The van der Waals surface area contributed by atoms with Crippen LogP contribution in [0.4, 0.5) is 5.69 Å². The van der Waals surface area contributed by atoms with E-state index in [1.165, 1.54) is 0 Å². The molecule has 18 heavy (non-hydrogen) atoms. The van der Waals surface area contributed by atoms with Gasteiger partial charge in [-0.3, -0.25) is 4.79 Å². The summed E-state index contributed by atoms with van der Waals surface area (Å²) in [5.74, 6) is 0.473. The normalized spacial score (nSPS) is 12.0. The fourth-order valence-electron chi connectivity index (χ4n) is 1.36. The lowest BCUT2D eigenvalue weighted by Crippen LogP contribution is -2.36. The van der Waals surface area contributed by atoms with E-state index in [9.17, 15) is 4.79 Å². The smallest absolute Gasteiger partial charge is 0.241 e. The number of halogens is 1. The molecule has 1 rings (SSSR count). The number of hydrogen-bond donors (Lipinski definition) is 2. The van der Waals surface area contributed by atoms with Crippen molar-refractivity contribution in [2.24, 2.45) is 5.73 Å². The molecule has 0 spiro atoms. The maximum Gasteiger partial charge on any atom is 0.241 e. The number of benzene rings is 1. The quantitative estimate of drug-likeness (QED) is 0.838. The van der Waals surface area contributed by atoms with Gasteiger partial charge in [0, 0.05) is 19.4 Å². The zero-order valence-electron chi connectivity index (χ0n) is 10.4. The van der Waals surface area contributed by atoms with Crippen molar-refractivity contribution in [3.63, 3.8) is 0 Å². The van der Waals surface area contributed by atoms with Crippen molar-refractivity contribution in [2.45, 2.75) is 12.5 Å². The van der Waals surface area contributed by atoms with Crippen molar-refractivity contribution in [1.82, 2.24) is 0 Å². The Kier molecular flexibility index (Phi) is 6.11. The molecule has 3 N–H and O–H groups in total. The average Bonchev–Trinajstić information content (AvgIpc) is 2.36. The molecule has 0 bridgehead atoms. The van der Waals surface area contributed by atoms with Gasteiger partial charge in [-0.2, -0.15) is 0 Å². The molecule has 0 fully saturated rings. The third-order valence-corrected chi connectivity index (χ3v) is 3.01. The van der Waals surface area contributed by atoms with Crippen LogP contribution in [0.5, 0.6) is 5.75 Å². The summed E-state index contributed by atoms with van der Waals surface area (Å²) in [6.07, 6.45) is 0.486. The molecule has 0 aromatic heterocycles. The van der Waals surface area contributed by atoms with Gasteiger partial charge in [0.05, 0.1) is 17.6 Å². The number of carbonyl (C=O) groups is 1. The lowest BCUT2D eigenvalue weighted by molar-refractivity contribution is -0.117. The van der Waals surface area contributed by atoms with E-state index in [1.807, 2.05) is 0 Å². The van der Waals surface area contributed by atoms with E-state index in [4.69, 9.17) is 15.2 Å². The van der Waals surface area contributed by atoms with Crippen LogP contribution in [0.15, 0.2) is 22.7 Å². The number of methoxy groups -OCH3 is 2. The first kappa shape index (κ1) is 14.9. The Morgan fingerprint density at radius 2 is 2.22 bits per heavy atom. The molecular weight excluding hydrogens is 300 g/mol. The van der Waals surface area contributed by atoms with Crippen LogP contribution in [-0.2, 0) is 9.53 Å². The molecule has 1 unspecified atom stereocenters. The number of amides is 1. The highest BCUT2D eigenvalue weighted by atomic mass is 79.9. The molecule has 1 atom stereocenters. The second-order valence-electron chi connectivity index (χ2n) is 3.73. The molecule has 100 valence electrons. The van der Waals surface area contributed by atoms with E-state index in [0.717, 1.165) is 4.47 Å². The van der Waals surface area contributed by atoms with Crippen LogP contribution in [0.25, 0.3) is 0 Å². The van der Waals surface area contributed by atoms with Crippen LogP contribution in [0, 0.1) is 0 Å². The monoisotopic (exact) mass is 316 g/mol. The minimum Gasteiger partial charge on any atom is -0.496 e. The first-order chi connectivity index (χ1) is 8.58. The van der Waals surface area contributed by atoms with Gasteiger partial charge in [-0.1, -0.05) is 0 Å². The Hall–Kier alpha value is -1.11. The molecule has 0 saturated carbocycles. The molecule has 1 amide bonds. The Morgan fingerprint density at radius 3 is 2.78 bits per heavy atom. The Bertz CT molecular complexity index is 412. The fourth-order valence-corrected chi connectivity index (χ4v) is 1.90. The maximum atomic E-state index is 11.7. The zero-order valence-corrected chi connectivity index (χ0v) is 12.0. The number of ether oxygens (including phenoxy) is 2. The standard InChI is InChI=1S/C12H17BrN2O3/c1-17-6-5-10(14)12(16)15-8-3-4-11(18-2)9(13)7-8/h3-4,7,10H,5-6,14H2,1-2H3,(H,15,16). The number of nitrogens with two attached hydrogens (primary N) is 1. The first-order valence-corrected chi connectivity index (χ1v) is 6.26. The summed E-state index contributed by atoms with van der Waals surface area (Å²) < 4.78 is 10.8. The van der Waals surface area contributed by atoms with Crippen LogP contribution in [0.3, 0.4) is 0 Å². The highest BCUT2D eigenvalue weighted by Crippen LogP contribution is 2.27. The van der Waals surface area contributed by atoms with E-state index >= 15 is 0 Å². The predicted octanol–water partition coefficient (Wildman–Crippen LogP) is 1.76. The summed E-state index contributed by atoms with van der Waals surface area (Å²) in [5, 5.41) is 2.74. The van der Waals surface area contributed by atoms with E-state index in [-0.39, 0.29) is 5.91 Å². The number of nitrogens with one attached hydrogen (secondary N) is 1. The van der Waals surface area contributed by atoms with Gasteiger partial charge in [0.25, 0.3) is 0 Å². The van der Waals surface area contributed by atoms with Crippen LogP contribution < -0.4 is 15.8 Å². The van der Waals surface area contributed by atoms with Gasteiger partial charge in [0.1, 0.15) is 5.75 Å². The molecule has 0 heterocycles. The van der Waals surface area contributed by atoms with E-state index in [2.05, 4.69) is 21.2 Å². The molecule has 1 aromatic rings. The van der Waals surface area contributed by atoms with Crippen molar-refractivity contribution in [2.75, 3.05) is 26.1 Å². The van der Waals surface area contributed by atoms with Crippen LogP contribution in [-0.4, -0.2) is 32.8 Å². The van der Waals surface area contributed by atoms with Gasteiger partial charge in [-0.05, 0) is 40.5 Å². The molecular formula is C12H17BrN2O3. The van der Waals surface area contributed by atoms with Crippen molar-refractivity contribution < 1.29 is 14.3 Å². The summed E-state index contributed by atoms with van der Waals surface area (Å²) >= 11 is 3.35. The van der Waals surface area contributed by atoms with Gasteiger partial charge in [0.2, 0.25) is 5.91 Å². The van der Waals surface area contributed by atoms with Crippen molar-refractivity contribution in [3.8, 4) is 5.75 Å². The summed E-state index contributed by atoms with van der Waals surface area (Å²) in [7, 11) is 3.16.